The summed E-state index contributed by atoms with van der Waals surface area (Å²) in [5, 5.41) is 6.14. The molecule has 0 bridgehead atoms. The van der Waals surface area contributed by atoms with E-state index in [1.54, 1.807) is 0 Å². The number of likely N-dealkylation sites (N-methyl/N-ethyl adjacent to an activating group) is 1. The molecule has 0 aromatic heterocycles. The fourth-order valence-corrected chi connectivity index (χ4v) is 4.11. The highest BCUT2D eigenvalue weighted by Gasteiger charge is 2.29. The van der Waals surface area contributed by atoms with Gasteiger partial charge in [0.1, 0.15) is 0 Å². The van der Waals surface area contributed by atoms with Crippen molar-refractivity contribution in [2.24, 2.45) is 0 Å². The van der Waals surface area contributed by atoms with Crippen molar-refractivity contribution in [1.82, 2.24) is 20.4 Å². The van der Waals surface area contributed by atoms with Gasteiger partial charge in [-0.2, -0.15) is 0 Å². The lowest BCUT2D eigenvalue weighted by atomic mass is 9.88. The van der Waals surface area contributed by atoms with Crippen LogP contribution in [-0.2, 0) is 0 Å². The van der Waals surface area contributed by atoms with Gasteiger partial charge in [-0.25, -0.2) is 4.79 Å². The Labute approximate surface area is 181 Å². The van der Waals surface area contributed by atoms with Gasteiger partial charge in [-0.05, 0) is 38.4 Å². The van der Waals surface area contributed by atoms with Crippen molar-refractivity contribution in [3.63, 3.8) is 0 Å². The second-order valence-electron chi connectivity index (χ2n) is 8.87. The summed E-state index contributed by atoms with van der Waals surface area (Å²) in [5.74, 6) is 0.273. The largest absolute Gasteiger partial charge is 0.338 e. The fourth-order valence-electron chi connectivity index (χ4n) is 4.11. The van der Waals surface area contributed by atoms with Gasteiger partial charge in [0, 0.05) is 50.7 Å². The Morgan fingerprint density at radius 3 is 1.97 bits per heavy atom. The number of carbonyl (C=O) groups is 1. The summed E-state index contributed by atoms with van der Waals surface area (Å²) in [5.41, 5.74) is 2.51. The Morgan fingerprint density at radius 1 is 0.900 bits per heavy atom. The van der Waals surface area contributed by atoms with E-state index in [-0.39, 0.29) is 17.5 Å². The zero-order chi connectivity index (χ0) is 21.4. The molecule has 2 amide bonds. The van der Waals surface area contributed by atoms with Gasteiger partial charge >= 0.3 is 6.03 Å². The van der Waals surface area contributed by atoms with Crippen LogP contribution in [0, 0.1) is 0 Å². The van der Waals surface area contributed by atoms with Crippen LogP contribution in [0.2, 0.25) is 0 Å². The van der Waals surface area contributed by atoms with Gasteiger partial charge in [-0.3, -0.25) is 4.90 Å². The van der Waals surface area contributed by atoms with Gasteiger partial charge in [0.25, 0.3) is 0 Å². The molecule has 1 saturated heterocycles. The quantitative estimate of drug-likeness (QED) is 0.702. The molecular weight excluding hydrogens is 372 g/mol. The predicted octanol–water partition coefficient (Wildman–Crippen LogP) is 3.53. The molecule has 5 heteroatoms. The van der Waals surface area contributed by atoms with Crippen molar-refractivity contribution in [2.75, 3.05) is 46.3 Å². The van der Waals surface area contributed by atoms with Crippen molar-refractivity contribution in [1.29, 1.82) is 0 Å². The first-order valence-corrected chi connectivity index (χ1v) is 11.0. The van der Waals surface area contributed by atoms with E-state index in [1.165, 1.54) is 11.1 Å². The molecule has 0 spiro atoms. The van der Waals surface area contributed by atoms with Crippen LogP contribution in [0.4, 0.5) is 4.79 Å². The molecule has 5 nitrogen and oxygen atoms in total. The third-order valence-corrected chi connectivity index (χ3v) is 6.16. The summed E-state index contributed by atoms with van der Waals surface area (Å²) in [4.78, 5) is 17.2. The van der Waals surface area contributed by atoms with Crippen molar-refractivity contribution in [3.05, 3.63) is 71.8 Å². The predicted molar refractivity (Wildman–Crippen MR) is 124 cm³/mol. The molecule has 3 rings (SSSR count). The molecule has 2 aromatic rings. The summed E-state index contributed by atoms with van der Waals surface area (Å²) >= 11 is 0. The molecule has 1 aliphatic rings. The van der Waals surface area contributed by atoms with E-state index in [0.29, 0.717) is 13.1 Å². The Balaban J connectivity index is 1.48. The number of benzene rings is 2. The maximum Gasteiger partial charge on any atom is 0.314 e. The van der Waals surface area contributed by atoms with E-state index < -0.39 is 0 Å². The smallest absolute Gasteiger partial charge is 0.314 e. The maximum atomic E-state index is 12.4. The summed E-state index contributed by atoms with van der Waals surface area (Å²) in [6.45, 7) is 9.94. The molecule has 30 heavy (non-hydrogen) atoms. The van der Waals surface area contributed by atoms with Crippen molar-refractivity contribution >= 4 is 6.03 Å². The Hall–Kier alpha value is -2.37. The number of hydrogen-bond donors (Lipinski definition) is 2. The first-order valence-electron chi connectivity index (χ1n) is 11.0. The van der Waals surface area contributed by atoms with Gasteiger partial charge in [0.2, 0.25) is 0 Å². The van der Waals surface area contributed by atoms with E-state index >= 15 is 0 Å². The minimum absolute atomic E-state index is 0.0464. The Morgan fingerprint density at radius 2 is 1.43 bits per heavy atom. The molecule has 0 aliphatic carbocycles. The molecule has 2 N–H and O–H groups in total. The van der Waals surface area contributed by atoms with E-state index in [4.69, 9.17) is 0 Å². The molecule has 0 unspecified atom stereocenters. The first-order chi connectivity index (χ1) is 14.5. The van der Waals surface area contributed by atoms with Gasteiger partial charge in [-0.1, -0.05) is 60.7 Å². The number of carbonyl (C=O) groups excluding carboxylic acids is 1. The minimum atomic E-state index is -0.0860. The Bertz CT molecular complexity index is 731. The summed E-state index contributed by atoms with van der Waals surface area (Å²) in [6.07, 6.45) is 0.864. The molecule has 1 fully saturated rings. The average molecular weight is 409 g/mol. The van der Waals surface area contributed by atoms with Crippen LogP contribution in [0.3, 0.4) is 0 Å². The zero-order valence-electron chi connectivity index (χ0n) is 18.6. The maximum absolute atomic E-state index is 12.4. The summed E-state index contributed by atoms with van der Waals surface area (Å²) in [6, 6.07) is 20.9. The van der Waals surface area contributed by atoms with Crippen molar-refractivity contribution < 1.29 is 4.79 Å². The van der Waals surface area contributed by atoms with Crippen LogP contribution >= 0.6 is 0 Å². The van der Waals surface area contributed by atoms with Gasteiger partial charge in [-0.15, -0.1) is 0 Å². The van der Waals surface area contributed by atoms with Crippen LogP contribution in [0.25, 0.3) is 0 Å². The zero-order valence-corrected chi connectivity index (χ0v) is 18.6. The summed E-state index contributed by atoms with van der Waals surface area (Å²) in [7, 11) is 2.16. The van der Waals surface area contributed by atoms with E-state index in [2.05, 4.69) is 89.9 Å². The molecule has 162 valence electrons. The average Bonchev–Trinajstić information content (AvgIpc) is 2.77. The molecule has 1 aliphatic heterocycles. The van der Waals surface area contributed by atoms with Crippen molar-refractivity contribution in [3.8, 4) is 0 Å². The van der Waals surface area contributed by atoms with E-state index in [0.717, 1.165) is 32.6 Å². The Kier molecular flexibility index (Phi) is 7.88. The van der Waals surface area contributed by atoms with Gasteiger partial charge < -0.3 is 15.5 Å². The highest BCUT2D eigenvalue weighted by Crippen LogP contribution is 2.27. The lowest BCUT2D eigenvalue weighted by Gasteiger charge is -2.43. The van der Waals surface area contributed by atoms with Crippen LogP contribution in [-0.4, -0.2) is 67.7 Å². The number of piperazine rings is 1. The van der Waals surface area contributed by atoms with Crippen molar-refractivity contribution in [2.45, 2.75) is 31.7 Å². The number of urea groups is 1. The first kappa shape index (κ1) is 22.3. The lowest BCUT2D eigenvalue weighted by Crippen LogP contribution is -2.58. The van der Waals surface area contributed by atoms with Gasteiger partial charge in [0.15, 0.2) is 0 Å². The van der Waals surface area contributed by atoms with Crippen LogP contribution < -0.4 is 10.6 Å². The van der Waals surface area contributed by atoms with Crippen LogP contribution in [0.5, 0.6) is 0 Å². The molecule has 2 aromatic carbocycles. The number of hydrogen-bond acceptors (Lipinski definition) is 3. The minimum Gasteiger partial charge on any atom is -0.338 e. The number of nitrogens with zero attached hydrogens (tertiary/aromatic N) is 2. The normalized spacial score (nSPS) is 15.9. The second kappa shape index (κ2) is 10.6. The molecule has 1 heterocycles. The number of nitrogens with one attached hydrogen (secondary N) is 2. The third-order valence-electron chi connectivity index (χ3n) is 6.16. The number of amides is 2. The molecule has 0 saturated carbocycles. The fraction of sp³-hybridized carbons (Fsp3) is 0.480. The molecule has 0 atom stereocenters. The highest BCUT2D eigenvalue weighted by atomic mass is 16.2. The SMILES string of the molecule is CN1CCN(C(C)(C)CNC(=O)NCCC(c2ccccc2)c2ccccc2)CC1. The number of rotatable bonds is 8. The second-order valence-corrected chi connectivity index (χ2v) is 8.87. The third kappa shape index (κ3) is 6.31. The monoisotopic (exact) mass is 408 g/mol. The summed E-state index contributed by atoms with van der Waals surface area (Å²) < 4.78 is 0. The topological polar surface area (TPSA) is 47.6 Å². The molecule has 0 radical (unpaired) electrons. The van der Waals surface area contributed by atoms with Crippen LogP contribution in [0.15, 0.2) is 60.7 Å². The van der Waals surface area contributed by atoms with Crippen LogP contribution in [0.1, 0.15) is 37.3 Å². The lowest BCUT2D eigenvalue weighted by molar-refractivity contribution is 0.0633. The molecular formula is C25H36N4O. The highest BCUT2D eigenvalue weighted by molar-refractivity contribution is 5.73. The van der Waals surface area contributed by atoms with Gasteiger partial charge in [0.05, 0.1) is 0 Å². The standard InChI is InChI=1S/C25H36N4O/c1-25(2,29-18-16-28(3)17-19-29)20-27-24(30)26-15-14-23(21-10-6-4-7-11-21)22-12-8-5-9-13-22/h4-13,23H,14-20H2,1-3H3,(H2,26,27,30). The van der Waals surface area contributed by atoms with E-state index in [9.17, 15) is 4.79 Å². The van der Waals surface area contributed by atoms with E-state index in [1.807, 2.05) is 12.1 Å².